The Hall–Kier alpha value is -2.12. The van der Waals surface area contributed by atoms with Crippen LogP contribution in [-0.4, -0.2) is 60.9 Å². The molecule has 4 heterocycles. The molecule has 1 aliphatic rings. The lowest BCUT2D eigenvalue weighted by Gasteiger charge is -2.40. The third-order valence-corrected chi connectivity index (χ3v) is 11.5. The number of nitrogens with two attached hydrogens (primary N) is 1. The van der Waals surface area contributed by atoms with Crippen molar-refractivity contribution in [1.82, 2.24) is 29.1 Å². The molecule has 184 valence electrons. The number of thiocarbonyl (C=S) groups is 1. The number of nitrogen functional groups attached to an aromatic ring is 1. The van der Waals surface area contributed by atoms with E-state index in [1.54, 1.807) is 34.2 Å². The Balaban J connectivity index is 1.78. The predicted molar refractivity (Wildman–Crippen MR) is 136 cm³/mol. The maximum Gasteiger partial charge on any atom is 0.269 e. The average Bonchev–Trinajstić information content (AvgIpc) is 3.47. The first-order valence-corrected chi connectivity index (χ1v) is 14.8. The van der Waals surface area contributed by atoms with E-state index in [4.69, 9.17) is 43.5 Å². The van der Waals surface area contributed by atoms with Crippen LogP contribution >= 0.6 is 23.8 Å². The normalized spacial score (nSPS) is 23.5. The van der Waals surface area contributed by atoms with Crippen molar-refractivity contribution in [3.05, 3.63) is 30.3 Å². The summed E-state index contributed by atoms with van der Waals surface area (Å²) in [5, 5.41) is 0.274. The zero-order chi connectivity index (χ0) is 24.8. The minimum atomic E-state index is -2.25. The van der Waals surface area contributed by atoms with Gasteiger partial charge in [0.1, 0.15) is 17.9 Å². The molecule has 0 amide bonds. The van der Waals surface area contributed by atoms with Gasteiger partial charge in [0.25, 0.3) is 5.17 Å². The summed E-state index contributed by atoms with van der Waals surface area (Å²) in [6.45, 7) is 13.0. The molecule has 0 aromatic carbocycles. The summed E-state index contributed by atoms with van der Waals surface area (Å²) in [7, 11) is -2.25. The lowest BCUT2D eigenvalue weighted by molar-refractivity contribution is -0.0324. The van der Waals surface area contributed by atoms with E-state index in [1.807, 2.05) is 6.92 Å². The molecule has 4 rings (SSSR count). The Labute approximate surface area is 209 Å². The van der Waals surface area contributed by atoms with Gasteiger partial charge in [0, 0.05) is 12.4 Å². The fourth-order valence-corrected chi connectivity index (χ4v) is 5.36. The van der Waals surface area contributed by atoms with Gasteiger partial charge in [-0.15, -0.1) is 0 Å². The number of rotatable bonds is 5. The lowest BCUT2D eigenvalue weighted by atomic mass is 10.1. The van der Waals surface area contributed by atoms with Crippen molar-refractivity contribution in [3.8, 4) is 0 Å². The van der Waals surface area contributed by atoms with Crippen LogP contribution in [0.5, 0.6) is 0 Å². The van der Waals surface area contributed by atoms with Gasteiger partial charge in [0.05, 0.1) is 12.4 Å². The maximum atomic E-state index is 6.92. The van der Waals surface area contributed by atoms with Crippen LogP contribution in [-0.2, 0) is 13.9 Å². The molecule has 1 saturated heterocycles. The quantitative estimate of drug-likeness (QED) is 0.298. The Kier molecular flexibility index (Phi) is 6.73. The van der Waals surface area contributed by atoms with Crippen LogP contribution in [0.3, 0.4) is 0 Å². The van der Waals surface area contributed by atoms with Crippen molar-refractivity contribution >= 4 is 54.3 Å². The molecule has 13 heteroatoms. The number of imidazole rings is 2. The molecule has 0 unspecified atom stereocenters. The Morgan fingerprint density at radius 1 is 1.26 bits per heavy atom. The van der Waals surface area contributed by atoms with Gasteiger partial charge in [-0.1, -0.05) is 27.7 Å². The fourth-order valence-electron chi connectivity index (χ4n) is 3.69. The second kappa shape index (κ2) is 9.15. The van der Waals surface area contributed by atoms with Crippen LogP contribution < -0.4 is 5.73 Å². The van der Waals surface area contributed by atoms with E-state index in [9.17, 15) is 0 Å². The van der Waals surface area contributed by atoms with Gasteiger partial charge in [-0.2, -0.15) is 9.97 Å². The average molecular weight is 524 g/mol. The van der Waals surface area contributed by atoms with Crippen molar-refractivity contribution in [1.29, 1.82) is 0 Å². The number of aromatic nitrogens is 6. The third kappa shape index (κ3) is 4.56. The van der Waals surface area contributed by atoms with Gasteiger partial charge >= 0.3 is 0 Å². The maximum absolute atomic E-state index is 6.92. The number of hydrogen-bond donors (Lipinski definition) is 1. The molecule has 0 aliphatic carbocycles. The highest BCUT2D eigenvalue weighted by Crippen LogP contribution is 2.43. The molecule has 3 aromatic heterocycles. The number of halogens is 1. The monoisotopic (exact) mass is 523 g/mol. The Morgan fingerprint density at radius 3 is 2.62 bits per heavy atom. The van der Waals surface area contributed by atoms with E-state index in [-0.39, 0.29) is 27.4 Å². The predicted octanol–water partition coefficient (Wildman–Crippen LogP) is 4.17. The van der Waals surface area contributed by atoms with Crippen LogP contribution in [0.4, 0.5) is 5.82 Å². The first-order valence-electron chi connectivity index (χ1n) is 11.1. The highest BCUT2D eigenvalue weighted by molar-refractivity contribution is 7.80. The molecular weight excluding hydrogens is 494 g/mol. The minimum absolute atomic E-state index is 0.0349. The molecular formula is C21H30ClN7O3SSi. The van der Waals surface area contributed by atoms with Gasteiger partial charge in [-0.3, -0.25) is 9.13 Å². The third-order valence-electron chi connectivity index (χ3n) is 6.57. The molecule has 2 N–H and O–H groups in total. The molecule has 0 radical (unpaired) electrons. The molecule has 0 bridgehead atoms. The van der Waals surface area contributed by atoms with Gasteiger partial charge < -0.3 is 19.6 Å². The summed E-state index contributed by atoms with van der Waals surface area (Å²) >= 11 is 11.7. The highest BCUT2D eigenvalue weighted by atomic mass is 35.5. The van der Waals surface area contributed by atoms with E-state index in [0.29, 0.717) is 17.6 Å². The van der Waals surface area contributed by atoms with Crippen molar-refractivity contribution in [2.24, 2.45) is 0 Å². The molecule has 34 heavy (non-hydrogen) atoms. The topological polar surface area (TPSA) is 115 Å². The summed E-state index contributed by atoms with van der Waals surface area (Å²) < 4.78 is 23.2. The number of anilines is 1. The van der Waals surface area contributed by atoms with E-state index >= 15 is 0 Å². The summed E-state index contributed by atoms with van der Waals surface area (Å²) in [5.74, 6) is 0.203. The SMILES string of the molecule is CC[C@H]1O[C@@H](n2cnc3c(N)nc(Cl)nc32)[C@H](O[Si](C)(C)C(C)(C)C)[C@@H]1OC(=S)n1ccnc1. The number of fused-ring (bicyclic) bond motifs is 1. The summed E-state index contributed by atoms with van der Waals surface area (Å²) in [5.41, 5.74) is 6.96. The smallest absolute Gasteiger partial charge is 0.269 e. The standard InChI is InChI=1S/C21H30ClN7O3SSi/c1-7-12-14(31-20(33)28-9-8-24-10-28)15(32-34(5,6)21(2,3)4)18(30-12)29-11-25-13-16(23)26-19(22)27-17(13)29/h8-12,14-15,18H,7H2,1-6H3,(H2,23,26,27)/t12-,14-,15-,18-/m1/s1. The number of ether oxygens (including phenoxy) is 2. The van der Waals surface area contributed by atoms with E-state index in [2.05, 4.69) is 53.8 Å². The fraction of sp³-hybridized carbons (Fsp3) is 0.571. The summed E-state index contributed by atoms with van der Waals surface area (Å²) in [6.07, 6.45) is 5.49. The van der Waals surface area contributed by atoms with Gasteiger partial charge in [0.15, 0.2) is 32.1 Å². The first kappa shape index (κ1) is 25.0. The van der Waals surface area contributed by atoms with Crippen molar-refractivity contribution in [2.75, 3.05) is 5.73 Å². The van der Waals surface area contributed by atoms with Gasteiger partial charge in [-0.25, -0.2) is 9.97 Å². The van der Waals surface area contributed by atoms with E-state index in [1.165, 1.54) is 0 Å². The van der Waals surface area contributed by atoms with Crippen LogP contribution in [0, 0.1) is 0 Å². The molecule has 0 saturated carbocycles. The van der Waals surface area contributed by atoms with Gasteiger partial charge in [0.2, 0.25) is 5.28 Å². The highest BCUT2D eigenvalue weighted by Gasteiger charge is 2.52. The molecule has 4 atom stereocenters. The zero-order valence-corrected chi connectivity index (χ0v) is 22.7. The van der Waals surface area contributed by atoms with Crippen LogP contribution in [0.2, 0.25) is 23.4 Å². The summed E-state index contributed by atoms with van der Waals surface area (Å²) in [4.78, 5) is 16.9. The van der Waals surface area contributed by atoms with Gasteiger partial charge in [-0.05, 0) is 48.4 Å². The first-order chi connectivity index (χ1) is 15.9. The Bertz CT molecular complexity index is 1180. The molecule has 1 fully saturated rings. The number of nitrogens with zero attached hydrogens (tertiary/aromatic N) is 6. The second-order valence-corrected chi connectivity index (χ2v) is 15.3. The van der Waals surface area contributed by atoms with Crippen molar-refractivity contribution in [3.63, 3.8) is 0 Å². The minimum Gasteiger partial charge on any atom is -0.461 e. The van der Waals surface area contributed by atoms with Crippen LogP contribution in [0.1, 0.15) is 40.3 Å². The van der Waals surface area contributed by atoms with Crippen LogP contribution in [0.15, 0.2) is 25.0 Å². The molecule has 10 nitrogen and oxygen atoms in total. The molecule has 1 aliphatic heterocycles. The zero-order valence-electron chi connectivity index (χ0n) is 20.1. The summed E-state index contributed by atoms with van der Waals surface area (Å²) in [6, 6.07) is 0. The molecule has 0 spiro atoms. The van der Waals surface area contributed by atoms with E-state index in [0.717, 1.165) is 0 Å². The number of hydrogen-bond acceptors (Lipinski definition) is 9. The lowest BCUT2D eigenvalue weighted by Crippen LogP contribution is -2.49. The van der Waals surface area contributed by atoms with E-state index < -0.39 is 26.8 Å². The van der Waals surface area contributed by atoms with Crippen molar-refractivity contribution in [2.45, 2.75) is 76.8 Å². The molecule has 3 aromatic rings. The second-order valence-electron chi connectivity index (χ2n) is 9.84. The van der Waals surface area contributed by atoms with Crippen LogP contribution in [0.25, 0.3) is 11.2 Å². The van der Waals surface area contributed by atoms with Crippen molar-refractivity contribution < 1.29 is 13.9 Å². The largest absolute Gasteiger partial charge is 0.461 e. The Morgan fingerprint density at radius 2 is 2.00 bits per heavy atom.